The van der Waals surface area contributed by atoms with Gasteiger partial charge in [-0.2, -0.15) is 26.3 Å². The second kappa shape index (κ2) is 6.92. The number of hydrogen-bond donors (Lipinski definition) is 0. The number of carbonyl (C=O) groups excluding carboxylic acids is 1. The summed E-state index contributed by atoms with van der Waals surface area (Å²) >= 11 is 5.94. The second-order valence-electron chi connectivity index (χ2n) is 5.04. The maximum atomic E-state index is 12.8. The first-order valence-electron chi connectivity index (χ1n) is 6.73. The fourth-order valence-electron chi connectivity index (χ4n) is 2.05. The summed E-state index contributed by atoms with van der Waals surface area (Å²) in [6.45, 7) is 0. The van der Waals surface area contributed by atoms with Gasteiger partial charge in [0.25, 0.3) is 0 Å². The standard InChI is InChI=1S/C17H9ClF6O/c18-15-11(2-1-3-12(15)9-25)5-4-10-6-13(16(19,20)21)8-14(7-10)17(22,23)24/h1-9H/b5-4+. The highest BCUT2D eigenvalue weighted by molar-refractivity contribution is 6.34. The molecule has 8 heteroatoms. The minimum atomic E-state index is -4.92. The molecule has 1 nitrogen and oxygen atoms in total. The number of alkyl halides is 6. The maximum Gasteiger partial charge on any atom is 0.416 e. The molecule has 0 fully saturated rings. The molecule has 2 rings (SSSR count). The Morgan fingerprint density at radius 3 is 1.80 bits per heavy atom. The molecule has 0 aliphatic rings. The minimum Gasteiger partial charge on any atom is -0.298 e. The van der Waals surface area contributed by atoms with Gasteiger partial charge >= 0.3 is 12.4 Å². The third-order valence-electron chi connectivity index (χ3n) is 3.25. The topological polar surface area (TPSA) is 17.1 Å². The lowest BCUT2D eigenvalue weighted by molar-refractivity contribution is -0.143. The van der Waals surface area contributed by atoms with E-state index in [1.165, 1.54) is 24.3 Å². The van der Waals surface area contributed by atoms with Crippen LogP contribution in [-0.4, -0.2) is 6.29 Å². The first-order chi connectivity index (χ1) is 11.5. The zero-order valence-corrected chi connectivity index (χ0v) is 13.0. The third kappa shape index (κ3) is 4.63. The van der Waals surface area contributed by atoms with Gasteiger partial charge in [-0.15, -0.1) is 0 Å². The largest absolute Gasteiger partial charge is 0.416 e. The summed E-state index contributed by atoms with van der Waals surface area (Å²) in [5.74, 6) is 0. The molecule has 25 heavy (non-hydrogen) atoms. The van der Waals surface area contributed by atoms with Crippen LogP contribution in [0.5, 0.6) is 0 Å². The van der Waals surface area contributed by atoms with Crippen LogP contribution in [0.4, 0.5) is 26.3 Å². The highest BCUT2D eigenvalue weighted by Gasteiger charge is 2.36. The van der Waals surface area contributed by atoms with E-state index in [1.807, 2.05) is 0 Å². The van der Waals surface area contributed by atoms with Gasteiger partial charge in [-0.25, -0.2) is 0 Å². The monoisotopic (exact) mass is 378 g/mol. The molecule has 0 aromatic heterocycles. The Bertz CT molecular complexity index is 789. The first kappa shape index (κ1) is 19.1. The van der Waals surface area contributed by atoms with E-state index in [-0.39, 0.29) is 27.8 Å². The van der Waals surface area contributed by atoms with E-state index >= 15 is 0 Å². The van der Waals surface area contributed by atoms with Crippen molar-refractivity contribution in [2.75, 3.05) is 0 Å². The zero-order valence-electron chi connectivity index (χ0n) is 12.3. The van der Waals surface area contributed by atoms with Crippen molar-refractivity contribution in [3.8, 4) is 0 Å². The SMILES string of the molecule is O=Cc1cccc(/C=C/c2cc(C(F)(F)F)cc(C(F)(F)F)c2)c1Cl. The minimum absolute atomic E-state index is 0.0526. The van der Waals surface area contributed by atoms with E-state index in [0.717, 1.165) is 6.08 Å². The van der Waals surface area contributed by atoms with Gasteiger partial charge in [-0.3, -0.25) is 4.79 Å². The Kier molecular flexibility index (Phi) is 5.27. The van der Waals surface area contributed by atoms with Crippen molar-refractivity contribution in [3.05, 3.63) is 69.2 Å². The molecular formula is C17H9ClF6O. The lowest BCUT2D eigenvalue weighted by Crippen LogP contribution is -2.11. The van der Waals surface area contributed by atoms with Crippen molar-refractivity contribution >= 4 is 30.0 Å². The van der Waals surface area contributed by atoms with Gasteiger partial charge < -0.3 is 0 Å². The summed E-state index contributed by atoms with van der Waals surface area (Å²) in [6, 6.07) is 5.65. The van der Waals surface area contributed by atoms with Crippen LogP contribution in [0.1, 0.15) is 32.6 Å². The molecule has 0 unspecified atom stereocenters. The average Bonchev–Trinajstić information content (AvgIpc) is 2.52. The third-order valence-corrected chi connectivity index (χ3v) is 3.69. The molecule has 0 aliphatic heterocycles. The van der Waals surface area contributed by atoms with E-state index in [1.54, 1.807) is 0 Å². The highest BCUT2D eigenvalue weighted by atomic mass is 35.5. The Morgan fingerprint density at radius 2 is 1.32 bits per heavy atom. The van der Waals surface area contributed by atoms with Gasteiger partial charge in [0, 0.05) is 5.56 Å². The Balaban J connectivity index is 2.50. The molecule has 0 saturated carbocycles. The van der Waals surface area contributed by atoms with Crippen molar-refractivity contribution in [1.82, 2.24) is 0 Å². The van der Waals surface area contributed by atoms with Crippen molar-refractivity contribution in [2.45, 2.75) is 12.4 Å². The molecule has 0 aliphatic carbocycles. The molecule has 2 aromatic rings. The molecule has 0 spiro atoms. The smallest absolute Gasteiger partial charge is 0.298 e. The summed E-state index contributed by atoms with van der Waals surface area (Å²) in [5, 5.41) is 0.0526. The average molecular weight is 379 g/mol. The van der Waals surface area contributed by atoms with E-state index < -0.39 is 23.5 Å². The second-order valence-corrected chi connectivity index (χ2v) is 5.42. The lowest BCUT2D eigenvalue weighted by Gasteiger charge is -2.13. The van der Waals surface area contributed by atoms with Gasteiger partial charge in [-0.05, 0) is 29.3 Å². The van der Waals surface area contributed by atoms with Crippen molar-refractivity contribution in [3.63, 3.8) is 0 Å². The number of halogens is 7. The Morgan fingerprint density at radius 1 is 0.800 bits per heavy atom. The molecule has 0 N–H and O–H groups in total. The normalized spacial score (nSPS) is 12.6. The molecule has 0 bridgehead atoms. The summed E-state index contributed by atoms with van der Waals surface area (Å²) < 4.78 is 76.9. The van der Waals surface area contributed by atoms with Crippen molar-refractivity contribution in [1.29, 1.82) is 0 Å². The van der Waals surface area contributed by atoms with Crippen LogP contribution in [0.3, 0.4) is 0 Å². The summed E-state index contributed by atoms with van der Waals surface area (Å²) in [5.41, 5.74) is -2.67. The molecule has 0 radical (unpaired) electrons. The fourth-order valence-corrected chi connectivity index (χ4v) is 2.28. The summed E-state index contributed by atoms with van der Waals surface area (Å²) in [6.07, 6.45) is -7.03. The number of aldehydes is 1. The molecule has 2 aromatic carbocycles. The van der Waals surface area contributed by atoms with Crippen LogP contribution in [0, 0.1) is 0 Å². The highest BCUT2D eigenvalue weighted by Crippen LogP contribution is 2.36. The molecule has 132 valence electrons. The molecule has 0 atom stereocenters. The number of carbonyl (C=O) groups is 1. The zero-order chi connectivity index (χ0) is 18.8. The molecule has 0 heterocycles. The number of benzene rings is 2. The van der Waals surface area contributed by atoms with Crippen molar-refractivity contribution in [2.24, 2.45) is 0 Å². The van der Waals surface area contributed by atoms with Gasteiger partial charge in [0.1, 0.15) is 0 Å². The Labute approximate surface area is 143 Å². The van der Waals surface area contributed by atoms with E-state index in [0.29, 0.717) is 18.4 Å². The van der Waals surface area contributed by atoms with Crippen LogP contribution in [0.2, 0.25) is 5.02 Å². The maximum absolute atomic E-state index is 12.8. The van der Waals surface area contributed by atoms with Gasteiger partial charge in [0.2, 0.25) is 0 Å². The van der Waals surface area contributed by atoms with Crippen LogP contribution in [0.15, 0.2) is 36.4 Å². The number of rotatable bonds is 3. The van der Waals surface area contributed by atoms with Crippen molar-refractivity contribution < 1.29 is 31.1 Å². The van der Waals surface area contributed by atoms with Gasteiger partial charge in [-0.1, -0.05) is 42.0 Å². The quantitative estimate of drug-likeness (QED) is 0.345. The van der Waals surface area contributed by atoms with Gasteiger partial charge in [0.05, 0.1) is 16.1 Å². The van der Waals surface area contributed by atoms with E-state index in [2.05, 4.69) is 0 Å². The first-order valence-corrected chi connectivity index (χ1v) is 7.11. The van der Waals surface area contributed by atoms with E-state index in [4.69, 9.17) is 11.6 Å². The van der Waals surface area contributed by atoms with Crippen LogP contribution >= 0.6 is 11.6 Å². The van der Waals surface area contributed by atoms with Crippen LogP contribution in [0.25, 0.3) is 12.2 Å². The predicted molar refractivity (Wildman–Crippen MR) is 82.2 cm³/mol. The summed E-state index contributed by atoms with van der Waals surface area (Å²) in [4.78, 5) is 10.8. The van der Waals surface area contributed by atoms with Crippen LogP contribution in [-0.2, 0) is 12.4 Å². The molecule has 0 amide bonds. The number of hydrogen-bond acceptors (Lipinski definition) is 1. The predicted octanol–water partition coefficient (Wildman–Crippen LogP) is 6.36. The van der Waals surface area contributed by atoms with E-state index in [9.17, 15) is 31.1 Å². The molecular weight excluding hydrogens is 370 g/mol. The Hall–Kier alpha value is -2.28. The summed E-state index contributed by atoms with van der Waals surface area (Å²) in [7, 11) is 0. The van der Waals surface area contributed by atoms with Crippen LogP contribution < -0.4 is 0 Å². The fraction of sp³-hybridized carbons (Fsp3) is 0.118. The van der Waals surface area contributed by atoms with Gasteiger partial charge in [0.15, 0.2) is 6.29 Å². The molecule has 0 saturated heterocycles. The lowest BCUT2D eigenvalue weighted by atomic mass is 10.0.